The molecule has 4 rings (SSSR count). The molecule has 0 bridgehead atoms. The van der Waals surface area contributed by atoms with Gasteiger partial charge in [-0.15, -0.1) is 0 Å². The van der Waals surface area contributed by atoms with E-state index in [-0.39, 0.29) is 0 Å². The molecular weight excluding hydrogens is 334 g/mol. The summed E-state index contributed by atoms with van der Waals surface area (Å²) in [4.78, 5) is 14.6. The van der Waals surface area contributed by atoms with Crippen LogP contribution in [0.2, 0.25) is 0 Å². The van der Waals surface area contributed by atoms with E-state index >= 15 is 0 Å². The molecule has 0 spiro atoms. The van der Waals surface area contributed by atoms with Crippen LogP contribution in [0.25, 0.3) is 10.6 Å². The molecule has 1 aliphatic carbocycles. The molecule has 0 radical (unpaired) electrons. The fourth-order valence-corrected chi connectivity index (χ4v) is 3.49. The highest BCUT2D eigenvalue weighted by atomic mass is 32.1. The Morgan fingerprint density at radius 1 is 1.20 bits per heavy atom. The summed E-state index contributed by atoms with van der Waals surface area (Å²) in [7, 11) is 1.65. The largest absolute Gasteiger partial charge is 0.497 e. The molecule has 6 nitrogen and oxygen atoms in total. The zero-order chi connectivity index (χ0) is 17.2. The number of benzene rings is 1. The van der Waals surface area contributed by atoms with Crippen LogP contribution in [0.5, 0.6) is 5.75 Å². The molecule has 3 aromatic rings. The van der Waals surface area contributed by atoms with Gasteiger partial charge < -0.3 is 15.4 Å². The predicted molar refractivity (Wildman–Crippen MR) is 101 cm³/mol. The molecule has 1 fully saturated rings. The summed E-state index contributed by atoms with van der Waals surface area (Å²) in [5.41, 5.74) is 2.74. The summed E-state index contributed by atoms with van der Waals surface area (Å²) in [6, 6.07) is 10.2. The van der Waals surface area contributed by atoms with Crippen LogP contribution in [-0.4, -0.2) is 28.1 Å². The second-order valence-corrected chi connectivity index (χ2v) is 6.97. The molecule has 0 amide bonds. The van der Waals surface area contributed by atoms with Gasteiger partial charge in [-0.3, -0.25) is 0 Å². The van der Waals surface area contributed by atoms with Gasteiger partial charge in [-0.2, -0.15) is 0 Å². The number of nitrogens with one attached hydrogen (secondary N) is 2. The standard InChI is InChI=1S/C18H19N5OS/c1-11-16(25-18(20-11)22-12-6-7-12)15-8-9-19-17(23-15)21-13-4-3-5-14(10-13)24-2/h3-5,8-10,12H,6-7H2,1-2H3,(H,20,22)(H,19,21,23). The SMILES string of the molecule is COc1cccc(Nc2nccc(-c3sc(NC4CC4)nc3C)n2)c1. The normalized spacial score (nSPS) is 13.5. The average molecular weight is 353 g/mol. The number of thiazole rings is 1. The first-order chi connectivity index (χ1) is 12.2. The molecule has 25 heavy (non-hydrogen) atoms. The minimum Gasteiger partial charge on any atom is -0.497 e. The van der Waals surface area contributed by atoms with Crippen molar-refractivity contribution in [3.8, 4) is 16.3 Å². The Morgan fingerprint density at radius 3 is 2.88 bits per heavy atom. The van der Waals surface area contributed by atoms with E-state index in [1.54, 1.807) is 24.6 Å². The van der Waals surface area contributed by atoms with Gasteiger partial charge in [0.25, 0.3) is 0 Å². The van der Waals surface area contributed by atoms with Gasteiger partial charge in [0.1, 0.15) is 5.75 Å². The molecule has 1 saturated carbocycles. The van der Waals surface area contributed by atoms with Crippen LogP contribution in [0.15, 0.2) is 36.5 Å². The minimum atomic E-state index is 0.551. The third-order valence-electron chi connectivity index (χ3n) is 3.92. The van der Waals surface area contributed by atoms with Crippen molar-refractivity contribution in [2.45, 2.75) is 25.8 Å². The van der Waals surface area contributed by atoms with Crippen molar-refractivity contribution in [3.05, 3.63) is 42.2 Å². The third-order valence-corrected chi connectivity index (χ3v) is 5.03. The number of hydrogen-bond donors (Lipinski definition) is 2. The van der Waals surface area contributed by atoms with Crippen LogP contribution in [0, 0.1) is 6.92 Å². The van der Waals surface area contributed by atoms with E-state index in [0.717, 1.165) is 32.8 Å². The number of anilines is 3. The molecular formula is C18H19N5OS. The Labute approximate surface area is 150 Å². The second-order valence-electron chi connectivity index (χ2n) is 5.97. The Kier molecular flexibility index (Phi) is 4.23. The van der Waals surface area contributed by atoms with Crippen molar-refractivity contribution in [2.75, 3.05) is 17.7 Å². The zero-order valence-electron chi connectivity index (χ0n) is 14.1. The van der Waals surface area contributed by atoms with Gasteiger partial charge in [0.05, 0.1) is 23.4 Å². The first-order valence-corrected chi connectivity index (χ1v) is 9.01. The van der Waals surface area contributed by atoms with E-state index in [4.69, 9.17) is 4.74 Å². The van der Waals surface area contributed by atoms with Crippen LogP contribution in [-0.2, 0) is 0 Å². The number of methoxy groups -OCH3 is 1. The van der Waals surface area contributed by atoms with Gasteiger partial charge in [0.2, 0.25) is 5.95 Å². The van der Waals surface area contributed by atoms with Crippen molar-refractivity contribution in [2.24, 2.45) is 0 Å². The monoisotopic (exact) mass is 353 g/mol. The molecule has 0 saturated heterocycles. The van der Waals surface area contributed by atoms with E-state index in [1.807, 2.05) is 37.3 Å². The molecule has 0 aliphatic heterocycles. The van der Waals surface area contributed by atoms with Crippen LogP contribution in [0.3, 0.4) is 0 Å². The summed E-state index contributed by atoms with van der Waals surface area (Å²) in [5, 5.41) is 7.64. The van der Waals surface area contributed by atoms with Gasteiger partial charge in [-0.05, 0) is 38.0 Å². The van der Waals surface area contributed by atoms with Crippen LogP contribution < -0.4 is 15.4 Å². The third kappa shape index (κ3) is 3.71. The topological polar surface area (TPSA) is 72.0 Å². The highest BCUT2D eigenvalue weighted by molar-refractivity contribution is 7.19. The van der Waals surface area contributed by atoms with E-state index in [2.05, 4.69) is 25.6 Å². The lowest BCUT2D eigenvalue weighted by Gasteiger charge is -2.07. The van der Waals surface area contributed by atoms with E-state index in [9.17, 15) is 0 Å². The lowest BCUT2D eigenvalue weighted by molar-refractivity contribution is 0.415. The molecule has 0 unspecified atom stereocenters. The van der Waals surface area contributed by atoms with Crippen LogP contribution >= 0.6 is 11.3 Å². The van der Waals surface area contributed by atoms with Gasteiger partial charge in [-0.25, -0.2) is 15.0 Å². The number of rotatable bonds is 6. The Balaban J connectivity index is 1.57. The van der Waals surface area contributed by atoms with Crippen molar-refractivity contribution in [1.82, 2.24) is 15.0 Å². The number of aromatic nitrogens is 3. The highest BCUT2D eigenvalue weighted by Gasteiger charge is 2.23. The number of ether oxygens (including phenoxy) is 1. The number of hydrogen-bond acceptors (Lipinski definition) is 7. The van der Waals surface area contributed by atoms with E-state index < -0.39 is 0 Å². The van der Waals surface area contributed by atoms with Gasteiger partial charge in [0, 0.05) is 24.0 Å². The lowest BCUT2D eigenvalue weighted by atomic mass is 10.3. The van der Waals surface area contributed by atoms with E-state index in [0.29, 0.717) is 12.0 Å². The fraction of sp³-hybridized carbons (Fsp3) is 0.278. The van der Waals surface area contributed by atoms with Crippen molar-refractivity contribution in [1.29, 1.82) is 0 Å². The maximum atomic E-state index is 5.25. The van der Waals surface area contributed by atoms with Gasteiger partial charge in [0.15, 0.2) is 5.13 Å². The Hall–Kier alpha value is -2.67. The summed E-state index contributed by atoms with van der Waals surface area (Å²) in [5.74, 6) is 1.34. The first kappa shape index (κ1) is 15.8. The maximum Gasteiger partial charge on any atom is 0.227 e. The zero-order valence-corrected chi connectivity index (χ0v) is 14.9. The second kappa shape index (κ2) is 6.68. The average Bonchev–Trinajstić information content (AvgIpc) is 3.36. The molecule has 7 heteroatoms. The van der Waals surface area contributed by atoms with Gasteiger partial charge in [-0.1, -0.05) is 17.4 Å². The van der Waals surface area contributed by atoms with Gasteiger partial charge >= 0.3 is 0 Å². The summed E-state index contributed by atoms with van der Waals surface area (Å²) in [6.45, 7) is 2.02. The van der Waals surface area contributed by atoms with Crippen LogP contribution in [0.4, 0.5) is 16.8 Å². The number of nitrogens with zero attached hydrogens (tertiary/aromatic N) is 3. The summed E-state index contributed by atoms with van der Waals surface area (Å²) in [6.07, 6.45) is 4.23. The molecule has 128 valence electrons. The minimum absolute atomic E-state index is 0.551. The molecule has 2 aromatic heterocycles. The molecule has 0 atom stereocenters. The summed E-state index contributed by atoms with van der Waals surface area (Å²) < 4.78 is 5.25. The maximum absolute atomic E-state index is 5.25. The highest BCUT2D eigenvalue weighted by Crippen LogP contribution is 2.34. The predicted octanol–water partition coefficient (Wildman–Crippen LogP) is 4.24. The fourth-order valence-electron chi connectivity index (χ4n) is 2.47. The molecule has 1 aliphatic rings. The molecule has 2 heterocycles. The molecule has 1 aromatic carbocycles. The quantitative estimate of drug-likeness (QED) is 0.691. The lowest BCUT2D eigenvalue weighted by Crippen LogP contribution is -1.99. The van der Waals surface area contributed by atoms with Crippen molar-refractivity contribution in [3.63, 3.8) is 0 Å². The molecule has 2 N–H and O–H groups in total. The van der Waals surface area contributed by atoms with E-state index in [1.165, 1.54) is 12.8 Å². The first-order valence-electron chi connectivity index (χ1n) is 8.20. The Morgan fingerprint density at radius 2 is 2.08 bits per heavy atom. The number of aryl methyl sites for hydroxylation is 1. The van der Waals surface area contributed by atoms with Crippen molar-refractivity contribution < 1.29 is 4.74 Å². The van der Waals surface area contributed by atoms with Crippen LogP contribution in [0.1, 0.15) is 18.5 Å². The van der Waals surface area contributed by atoms with Crippen molar-refractivity contribution >= 4 is 28.1 Å². The summed E-state index contributed by atoms with van der Waals surface area (Å²) >= 11 is 1.64. The Bertz CT molecular complexity index is 891. The smallest absolute Gasteiger partial charge is 0.227 e.